The second kappa shape index (κ2) is 8.80. The molecule has 6 nitrogen and oxygen atoms in total. The van der Waals surface area contributed by atoms with Gasteiger partial charge in [-0.05, 0) is 18.1 Å². The first-order valence-electron chi connectivity index (χ1n) is 8.83. The Bertz CT molecular complexity index is 816. The molecule has 0 bridgehead atoms. The van der Waals surface area contributed by atoms with Crippen molar-refractivity contribution in [1.82, 2.24) is 15.5 Å². The van der Waals surface area contributed by atoms with Crippen LogP contribution in [0, 0.1) is 11.3 Å². The fraction of sp³-hybridized carbons (Fsp3) is 0.474. The summed E-state index contributed by atoms with van der Waals surface area (Å²) in [6.45, 7) is 9.36. The summed E-state index contributed by atoms with van der Waals surface area (Å²) in [4.78, 5) is 25.1. The van der Waals surface area contributed by atoms with Crippen LogP contribution in [-0.2, 0) is 9.59 Å². The van der Waals surface area contributed by atoms with E-state index < -0.39 is 11.5 Å². The van der Waals surface area contributed by atoms with Crippen molar-refractivity contribution in [3.63, 3.8) is 0 Å². The van der Waals surface area contributed by atoms with Crippen molar-refractivity contribution in [2.45, 2.75) is 47.1 Å². The molecular formula is C19H25ClN4O2S. The minimum Gasteiger partial charge on any atom is -0.344 e. The first-order chi connectivity index (χ1) is 12.6. The third kappa shape index (κ3) is 5.74. The quantitative estimate of drug-likeness (QED) is 0.743. The molecular weight excluding hydrogens is 384 g/mol. The fourth-order valence-corrected chi connectivity index (χ4v) is 3.19. The van der Waals surface area contributed by atoms with Gasteiger partial charge in [0.2, 0.25) is 16.9 Å². The van der Waals surface area contributed by atoms with Crippen molar-refractivity contribution in [1.29, 1.82) is 0 Å². The largest absolute Gasteiger partial charge is 0.344 e. The van der Waals surface area contributed by atoms with Crippen LogP contribution < -0.4 is 10.6 Å². The van der Waals surface area contributed by atoms with Crippen LogP contribution in [0.3, 0.4) is 0 Å². The Balaban J connectivity index is 2.14. The van der Waals surface area contributed by atoms with Gasteiger partial charge in [0.1, 0.15) is 11.0 Å². The van der Waals surface area contributed by atoms with Crippen molar-refractivity contribution < 1.29 is 9.59 Å². The molecule has 2 atom stereocenters. The van der Waals surface area contributed by atoms with E-state index in [9.17, 15) is 9.59 Å². The smallest absolute Gasteiger partial charge is 0.249 e. The normalized spacial score (nSPS) is 13.7. The molecule has 8 heteroatoms. The first kappa shape index (κ1) is 21.3. The maximum Gasteiger partial charge on any atom is 0.249 e. The molecule has 0 saturated carbocycles. The van der Waals surface area contributed by atoms with Crippen LogP contribution in [0.2, 0.25) is 5.02 Å². The molecule has 0 aliphatic heterocycles. The van der Waals surface area contributed by atoms with Gasteiger partial charge in [-0.1, -0.05) is 76.1 Å². The number of carbonyl (C=O) groups is 2. The highest BCUT2D eigenvalue weighted by Gasteiger charge is 2.31. The van der Waals surface area contributed by atoms with Crippen LogP contribution in [0.15, 0.2) is 24.3 Å². The summed E-state index contributed by atoms with van der Waals surface area (Å²) in [6.07, 6.45) is 0.756. The predicted molar refractivity (Wildman–Crippen MR) is 110 cm³/mol. The molecule has 0 radical (unpaired) electrons. The van der Waals surface area contributed by atoms with E-state index in [1.165, 1.54) is 11.3 Å². The molecule has 27 heavy (non-hydrogen) atoms. The zero-order valence-electron chi connectivity index (χ0n) is 16.2. The molecule has 2 N–H and O–H groups in total. The minimum absolute atomic E-state index is 0.0170. The highest BCUT2D eigenvalue weighted by atomic mass is 35.5. The minimum atomic E-state index is -0.639. The Morgan fingerprint density at radius 2 is 1.96 bits per heavy atom. The van der Waals surface area contributed by atoms with Crippen molar-refractivity contribution in [3.8, 4) is 10.6 Å². The lowest BCUT2D eigenvalue weighted by Gasteiger charge is -2.27. The summed E-state index contributed by atoms with van der Waals surface area (Å²) in [7, 11) is 0. The number of rotatable bonds is 6. The van der Waals surface area contributed by atoms with Crippen LogP contribution >= 0.6 is 22.9 Å². The van der Waals surface area contributed by atoms with Gasteiger partial charge in [0.15, 0.2) is 0 Å². The van der Waals surface area contributed by atoms with Gasteiger partial charge in [-0.2, -0.15) is 0 Å². The molecule has 0 saturated heterocycles. The van der Waals surface area contributed by atoms with Crippen molar-refractivity contribution in [2.24, 2.45) is 11.3 Å². The number of aromatic nitrogens is 2. The molecule has 0 aliphatic rings. The Morgan fingerprint density at radius 3 is 2.56 bits per heavy atom. The lowest BCUT2D eigenvalue weighted by molar-refractivity contribution is -0.132. The van der Waals surface area contributed by atoms with E-state index >= 15 is 0 Å². The summed E-state index contributed by atoms with van der Waals surface area (Å²) in [5.41, 5.74) is 0.258. The van der Waals surface area contributed by atoms with Gasteiger partial charge in [-0.25, -0.2) is 0 Å². The van der Waals surface area contributed by atoms with Gasteiger partial charge in [-0.15, -0.1) is 10.2 Å². The van der Waals surface area contributed by atoms with E-state index in [-0.39, 0.29) is 17.7 Å². The van der Waals surface area contributed by atoms with E-state index in [1.54, 1.807) is 12.1 Å². The van der Waals surface area contributed by atoms with Crippen molar-refractivity contribution in [2.75, 3.05) is 5.32 Å². The van der Waals surface area contributed by atoms with Gasteiger partial charge >= 0.3 is 0 Å². The molecule has 0 aliphatic carbocycles. The second-order valence-corrected chi connectivity index (χ2v) is 8.91. The molecule has 2 rings (SSSR count). The Hall–Kier alpha value is -1.99. The summed E-state index contributed by atoms with van der Waals surface area (Å²) in [5, 5.41) is 15.4. The molecule has 2 amide bonds. The fourth-order valence-electron chi connectivity index (χ4n) is 2.25. The predicted octanol–water partition coefficient (Wildman–Crippen LogP) is 4.37. The standard InChI is InChI=1S/C19H25ClN4O2S/c1-6-11(2)14(21-17(26)19(3,4)5)15(25)22-18-24-23-16(27-18)12-8-7-9-13(20)10-12/h7-11,14H,6H2,1-5H3,(H,21,26)(H,22,24,25)/t11-,14+/m0/s1. The number of hydrogen-bond acceptors (Lipinski definition) is 5. The van der Waals surface area contributed by atoms with Crippen LogP contribution in [0.4, 0.5) is 5.13 Å². The van der Waals surface area contributed by atoms with E-state index in [0.717, 1.165) is 12.0 Å². The highest BCUT2D eigenvalue weighted by Crippen LogP contribution is 2.28. The van der Waals surface area contributed by atoms with E-state index in [1.807, 2.05) is 46.8 Å². The SMILES string of the molecule is CC[C@H](C)[C@@H](NC(=O)C(C)(C)C)C(=O)Nc1nnc(-c2cccc(Cl)c2)s1. The van der Waals surface area contributed by atoms with Gasteiger partial charge in [0.05, 0.1) is 0 Å². The summed E-state index contributed by atoms with van der Waals surface area (Å²) in [6, 6.07) is 6.64. The number of halogens is 1. The van der Waals surface area contributed by atoms with E-state index in [4.69, 9.17) is 11.6 Å². The van der Waals surface area contributed by atoms with Crippen LogP contribution in [0.5, 0.6) is 0 Å². The number of hydrogen-bond donors (Lipinski definition) is 2. The monoisotopic (exact) mass is 408 g/mol. The molecule has 1 heterocycles. The zero-order valence-corrected chi connectivity index (χ0v) is 17.7. The summed E-state index contributed by atoms with van der Waals surface area (Å²) in [5.74, 6) is -0.479. The molecule has 1 aromatic heterocycles. The Kier molecular flexibility index (Phi) is 6.95. The van der Waals surface area contributed by atoms with Crippen LogP contribution in [0.1, 0.15) is 41.0 Å². The number of nitrogens with one attached hydrogen (secondary N) is 2. The zero-order chi connectivity index (χ0) is 20.2. The third-order valence-corrected chi connectivity index (χ3v) is 5.31. The number of anilines is 1. The molecule has 2 aromatic rings. The molecule has 1 aromatic carbocycles. The van der Waals surface area contributed by atoms with E-state index in [0.29, 0.717) is 15.2 Å². The van der Waals surface area contributed by atoms with Gasteiger partial charge < -0.3 is 5.32 Å². The Morgan fingerprint density at radius 1 is 1.26 bits per heavy atom. The second-order valence-electron chi connectivity index (χ2n) is 7.50. The molecule has 0 fully saturated rings. The summed E-state index contributed by atoms with van der Waals surface area (Å²) >= 11 is 7.27. The Labute approximate surface area is 168 Å². The average molecular weight is 409 g/mol. The molecule has 0 spiro atoms. The topological polar surface area (TPSA) is 84.0 Å². The summed E-state index contributed by atoms with van der Waals surface area (Å²) < 4.78 is 0. The molecule has 0 unspecified atom stereocenters. The maximum absolute atomic E-state index is 12.8. The highest BCUT2D eigenvalue weighted by molar-refractivity contribution is 7.18. The van der Waals surface area contributed by atoms with Crippen molar-refractivity contribution in [3.05, 3.63) is 29.3 Å². The average Bonchev–Trinajstić information content (AvgIpc) is 3.06. The van der Waals surface area contributed by atoms with Crippen LogP contribution in [0.25, 0.3) is 10.6 Å². The maximum atomic E-state index is 12.8. The third-order valence-electron chi connectivity index (χ3n) is 4.19. The lowest BCUT2D eigenvalue weighted by Crippen LogP contribution is -2.50. The number of benzene rings is 1. The number of carbonyl (C=O) groups excluding carboxylic acids is 2. The lowest BCUT2D eigenvalue weighted by atomic mass is 9.92. The van der Waals surface area contributed by atoms with Crippen molar-refractivity contribution >= 4 is 39.9 Å². The van der Waals surface area contributed by atoms with Gasteiger partial charge in [-0.3, -0.25) is 14.9 Å². The number of nitrogens with zero attached hydrogens (tertiary/aromatic N) is 2. The molecule has 146 valence electrons. The number of amides is 2. The van der Waals surface area contributed by atoms with E-state index in [2.05, 4.69) is 20.8 Å². The van der Waals surface area contributed by atoms with Gasteiger partial charge in [0, 0.05) is 16.0 Å². The first-order valence-corrected chi connectivity index (χ1v) is 10.0. The van der Waals surface area contributed by atoms with Crippen LogP contribution in [-0.4, -0.2) is 28.1 Å². The van der Waals surface area contributed by atoms with Gasteiger partial charge in [0.25, 0.3) is 0 Å².